The Morgan fingerprint density at radius 1 is 1.36 bits per heavy atom. The highest BCUT2D eigenvalue weighted by Crippen LogP contribution is 2.34. The van der Waals surface area contributed by atoms with Gasteiger partial charge in [-0.15, -0.1) is 0 Å². The van der Waals surface area contributed by atoms with Crippen LogP contribution in [0.5, 0.6) is 5.75 Å². The first kappa shape index (κ1) is 17.1. The average Bonchev–Trinajstić information content (AvgIpc) is 2.59. The van der Waals surface area contributed by atoms with Crippen LogP contribution in [-0.4, -0.2) is 52.4 Å². The summed E-state index contributed by atoms with van der Waals surface area (Å²) in [7, 11) is 0. The number of hydrogen-bond donors (Lipinski definition) is 0. The highest BCUT2D eigenvalue weighted by atomic mass is 16.6. The molecule has 0 aromatic carbocycles. The van der Waals surface area contributed by atoms with Gasteiger partial charge in [0.1, 0.15) is 6.54 Å². The molecule has 0 saturated carbocycles. The predicted octanol–water partition coefficient (Wildman–Crippen LogP) is 1.36. The second kappa shape index (κ2) is 6.66. The minimum absolute atomic E-state index is 0.0241. The van der Waals surface area contributed by atoms with Gasteiger partial charge in [0, 0.05) is 19.2 Å². The molecule has 3 rings (SSSR count). The van der Waals surface area contributed by atoms with Crippen molar-refractivity contribution in [3.05, 3.63) is 22.2 Å². The lowest BCUT2D eigenvalue weighted by atomic mass is 9.99. The SMILES string of the molecule is CC1CCN(C(=O)CN2C(=O)C(C)Oc3ccc([N+](=O)[O-])nc32)CC1. The monoisotopic (exact) mass is 348 g/mol. The molecule has 3 heterocycles. The Morgan fingerprint density at radius 2 is 2.04 bits per heavy atom. The molecule has 9 heteroatoms. The van der Waals surface area contributed by atoms with E-state index >= 15 is 0 Å². The third-order valence-corrected chi connectivity index (χ3v) is 4.61. The van der Waals surface area contributed by atoms with Crippen LogP contribution in [0, 0.1) is 16.0 Å². The molecule has 0 N–H and O–H groups in total. The molecule has 2 aliphatic heterocycles. The number of amides is 2. The summed E-state index contributed by atoms with van der Waals surface area (Å²) < 4.78 is 5.45. The molecule has 25 heavy (non-hydrogen) atoms. The van der Waals surface area contributed by atoms with Crippen LogP contribution in [0.3, 0.4) is 0 Å². The van der Waals surface area contributed by atoms with Crippen LogP contribution in [-0.2, 0) is 9.59 Å². The number of anilines is 1. The van der Waals surface area contributed by atoms with E-state index in [9.17, 15) is 19.7 Å². The molecule has 1 atom stereocenters. The predicted molar refractivity (Wildman–Crippen MR) is 88.3 cm³/mol. The molecule has 1 aromatic heterocycles. The Balaban J connectivity index is 1.84. The Labute approximate surface area is 144 Å². The second-order valence-electron chi connectivity index (χ2n) is 6.50. The third-order valence-electron chi connectivity index (χ3n) is 4.61. The molecular weight excluding hydrogens is 328 g/mol. The zero-order chi connectivity index (χ0) is 18.1. The minimum Gasteiger partial charge on any atom is -0.475 e. The van der Waals surface area contributed by atoms with Gasteiger partial charge in [0.15, 0.2) is 11.9 Å². The van der Waals surface area contributed by atoms with Crippen molar-refractivity contribution in [2.24, 2.45) is 5.92 Å². The third kappa shape index (κ3) is 3.40. The number of nitrogens with zero attached hydrogens (tertiary/aromatic N) is 4. The number of likely N-dealkylation sites (tertiary alicyclic amines) is 1. The lowest BCUT2D eigenvalue weighted by Gasteiger charge is -2.33. The lowest BCUT2D eigenvalue weighted by Crippen LogP contribution is -2.51. The topological polar surface area (TPSA) is 106 Å². The summed E-state index contributed by atoms with van der Waals surface area (Å²) in [5.41, 5.74) is 0. The average molecular weight is 348 g/mol. The molecule has 2 amide bonds. The van der Waals surface area contributed by atoms with Crippen LogP contribution in [0.4, 0.5) is 11.6 Å². The van der Waals surface area contributed by atoms with Gasteiger partial charge >= 0.3 is 5.82 Å². The van der Waals surface area contributed by atoms with Crippen molar-refractivity contribution in [2.45, 2.75) is 32.8 Å². The summed E-state index contributed by atoms with van der Waals surface area (Å²) in [4.78, 5) is 42.2. The number of rotatable bonds is 3. The molecule has 1 fully saturated rings. The molecule has 0 aliphatic carbocycles. The normalized spacial score (nSPS) is 20.9. The summed E-state index contributed by atoms with van der Waals surface area (Å²) in [6.07, 6.45) is 1.09. The van der Waals surface area contributed by atoms with E-state index in [1.165, 1.54) is 17.0 Å². The Morgan fingerprint density at radius 3 is 2.68 bits per heavy atom. The number of fused-ring (bicyclic) bond motifs is 1. The fourth-order valence-electron chi connectivity index (χ4n) is 3.02. The number of aromatic nitrogens is 1. The quantitative estimate of drug-likeness (QED) is 0.603. The molecule has 0 bridgehead atoms. The largest absolute Gasteiger partial charge is 0.475 e. The van der Waals surface area contributed by atoms with Gasteiger partial charge in [0.05, 0.1) is 0 Å². The number of piperidine rings is 1. The zero-order valence-corrected chi connectivity index (χ0v) is 14.2. The fourth-order valence-corrected chi connectivity index (χ4v) is 3.02. The zero-order valence-electron chi connectivity index (χ0n) is 14.2. The summed E-state index contributed by atoms with van der Waals surface area (Å²) in [6, 6.07) is 2.62. The van der Waals surface area contributed by atoms with Crippen molar-refractivity contribution >= 4 is 23.5 Å². The Hall–Kier alpha value is -2.71. The highest BCUT2D eigenvalue weighted by molar-refractivity contribution is 6.02. The van der Waals surface area contributed by atoms with Crippen LogP contribution in [0.2, 0.25) is 0 Å². The van der Waals surface area contributed by atoms with Crippen molar-refractivity contribution in [3.63, 3.8) is 0 Å². The maximum Gasteiger partial charge on any atom is 0.366 e. The van der Waals surface area contributed by atoms with E-state index in [1.807, 2.05) is 0 Å². The van der Waals surface area contributed by atoms with Crippen LogP contribution in [0.15, 0.2) is 12.1 Å². The smallest absolute Gasteiger partial charge is 0.366 e. The van der Waals surface area contributed by atoms with Gasteiger partial charge in [-0.2, -0.15) is 0 Å². The van der Waals surface area contributed by atoms with Crippen molar-refractivity contribution in [3.8, 4) is 5.75 Å². The molecule has 0 radical (unpaired) electrons. The van der Waals surface area contributed by atoms with Crippen LogP contribution in [0.1, 0.15) is 26.7 Å². The summed E-state index contributed by atoms with van der Waals surface area (Å²) >= 11 is 0. The lowest BCUT2D eigenvalue weighted by molar-refractivity contribution is -0.389. The van der Waals surface area contributed by atoms with Crippen LogP contribution >= 0.6 is 0 Å². The molecule has 2 aliphatic rings. The molecule has 134 valence electrons. The maximum absolute atomic E-state index is 12.6. The first-order valence-electron chi connectivity index (χ1n) is 8.28. The number of hydrogen-bond acceptors (Lipinski definition) is 6. The van der Waals surface area contributed by atoms with Crippen molar-refractivity contribution in [2.75, 3.05) is 24.5 Å². The van der Waals surface area contributed by atoms with Gasteiger partial charge < -0.3 is 19.8 Å². The first-order chi connectivity index (χ1) is 11.9. The summed E-state index contributed by atoms with van der Waals surface area (Å²) in [5.74, 6) is -0.144. The number of pyridine rings is 1. The van der Waals surface area contributed by atoms with Gasteiger partial charge in [-0.25, -0.2) is 0 Å². The second-order valence-corrected chi connectivity index (χ2v) is 6.50. The van der Waals surface area contributed by atoms with E-state index in [2.05, 4.69) is 11.9 Å². The molecule has 1 aromatic rings. The molecular formula is C16H20N4O5. The number of carbonyl (C=O) groups is 2. The number of carbonyl (C=O) groups excluding carboxylic acids is 2. The van der Waals surface area contributed by atoms with Crippen molar-refractivity contribution in [1.82, 2.24) is 9.88 Å². The van der Waals surface area contributed by atoms with E-state index < -0.39 is 22.8 Å². The van der Waals surface area contributed by atoms with Crippen LogP contribution < -0.4 is 9.64 Å². The Bertz CT molecular complexity index is 714. The van der Waals surface area contributed by atoms with Crippen LogP contribution in [0.25, 0.3) is 0 Å². The fraction of sp³-hybridized carbons (Fsp3) is 0.562. The van der Waals surface area contributed by atoms with Crippen molar-refractivity contribution in [1.29, 1.82) is 0 Å². The summed E-state index contributed by atoms with van der Waals surface area (Å²) in [6.45, 7) is 4.84. The molecule has 1 saturated heterocycles. The Kier molecular flexibility index (Phi) is 4.56. The van der Waals surface area contributed by atoms with Gasteiger partial charge in [-0.3, -0.25) is 14.5 Å². The van der Waals surface area contributed by atoms with Gasteiger partial charge in [0.25, 0.3) is 11.7 Å². The van der Waals surface area contributed by atoms with E-state index in [4.69, 9.17) is 4.74 Å². The highest BCUT2D eigenvalue weighted by Gasteiger charge is 2.38. The first-order valence-corrected chi connectivity index (χ1v) is 8.28. The van der Waals surface area contributed by atoms with Crippen molar-refractivity contribution < 1.29 is 19.2 Å². The molecule has 0 spiro atoms. The summed E-state index contributed by atoms with van der Waals surface area (Å²) in [5, 5.41) is 11.0. The molecule has 1 unspecified atom stereocenters. The molecule has 9 nitrogen and oxygen atoms in total. The van der Waals surface area contributed by atoms with E-state index in [0.717, 1.165) is 12.8 Å². The number of ether oxygens (including phenoxy) is 1. The van der Waals surface area contributed by atoms with Gasteiger partial charge in [0.2, 0.25) is 5.91 Å². The number of nitro groups is 1. The maximum atomic E-state index is 12.6. The van der Waals surface area contributed by atoms with E-state index in [1.54, 1.807) is 11.8 Å². The van der Waals surface area contributed by atoms with E-state index in [0.29, 0.717) is 19.0 Å². The standard InChI is InChI=1S/C16H20N4O5/c1-10-5-7-18(8-6-10)14(21)9-19-15-12(25-11(2)16(19)22)3-4-13(17-15)20(23)24/h3-4,10-11H,5-9H2,1-2H3. The van der Waals surface area contributed by atoms with E-state index in [-0.39, 0.29) is 24.0 Å². The van der Waals surface area contributed by atoms with Gasteiger partial charge in [-0.05, 0) is 41.7 Å². The van der Waals surface area contributed by atoms with Gasteiger partial charge in [-0.1, -0.05) is 6.92 Å². The minimum atomic E-state index is -0.773.